The van der Waals surface area contributed by atoms with E-state index in [4.69, 9.17) is 5.73 Å². The minimum atomic E-state index is 0.574. The van der Waals surface area contributed by atoms with Crippen molar-refractivity contribution in [3.8, 4) is 0 Å². The van der Waals surface area contributed by atoms with Crippen molar-refractivity contribution < 1.29 is 0 Å². The normalized spacial score (nSPS) is 19.3. The second-order valence-corrected chi connectivity index (χ2v) is 5.42. The molecule has 3 nitrogen and oxygen atoms in total. The number of hydrogen-bond donors (Lipinski definition) is 1. The van der Waals surface area contributed by atoms with Crippen molar-refractivity contribution in [3.05, 3.63) is 16.1 Å². The standard InChI is InChI=1S/C12H21N3S/c13-8-12-14-11(10-16-12)9-15-6-4-2-1-3-5-7-15/h10H,1-9,13H2. The van der Waals surface area contributed by atoms with E-state index in [1.54, 1.807) is 11.3 Å². The first-order valence-electron chi connectivity index (χ1n) is 6.24. The van der Waals surface area contributed by atoms with Crippen LogP contribution in [0.1, 0.15) is 42.8 Å². The minimum absolute atomic E-state index is 0.574. The van der Waals surface area contributed by atoms with Gasteiger partial charge in [0, 0.05) is 18.5 Å². The molecule has 0 radical (unpaired) electrons. The molecule has 1 aliphatic rings. The topological polar surface area (TPSA) is 42.1 Å². The molecular formula is C12H21N3S. The average molecular weight is 239 g/mol. The van der Waals surface area contributed by atoms with Gasteiger partial charge in [0.25, 0.3) is 0 Å². The van der Waals surface area contributed by atoms with Crippen LogP contribution in [0.2, 0.25) is 0 Å². The van der Waals surface area contributed by atoms with Crippen molar-refractivity contribution >= 4 is 11.3 Å². The third-order valence-corrected chi connectivity index (χ3v) is 4.03. The fraction of sp³-hybridized carbons (Fsp3) is 0.750. The molecule has 16 heavy (non-hydrogen) atoms. The summed E-state index contributed by atoms with van der Waals surface area (Å²) in [5.41, 5.74) is 6.78. The van der Waals surface area contributed by atoms with Gasteiger partial charge in [0.1, 0.15) is 5.01 Å². The molecule has 1 aliphatic heterocycles. The Morgan fingerprint density at radius 1 is 1.19 bits per heavy atom. The molecule has 4 heteroatoms. The first kappa shape index (κ1) is 12.0. The first-order chi connectivity index (χ1) is 7.88. The van der Waals surface area contributed by atoms with Crippen LogP contribution in [0.3, 0.4) is 0 Å². The Labute approximate surface area is 102 Å². The number of nitrogens with zero attached hydrogens (tertiary/aromatic N) is 2. The van der Waals surface area contributed by atoms with Crippen molar-refractivity contribution in [3.63, 3.8) is 0 Å². The third kappa shape index (κ3) is 3.54. The fourth-order valence-corrected chi connectivity index (χ4v) is 2.88. The van der Waals surface area contributed by atoms with Crippen LogP contribution in [-0.2, 0) is 13.1 Å². The SMILES string of the molecule is NCc1nc(CN2CCCCCCC2)cs1. The monoisotopic (exact) mass is 239 g/mol. The summed E-state index contributed by atoms with van der Waals surface area (Å²) in [7, 11) is 0. The van der Waals surface area contributed by atoms with Crippen molar-refractivity contribution in [1.29, 1.82) is 0 Å². The summed E-state index contributed by atoms with van der Waals surface area (Å²) in [4.78, 5) is 7.06. The second-order valence-electron chi connectivity index (χ2n) is 4.48. The van der Waals surface area contributed by atoms with E-state index in [0.29, 0.717) is 6.54 Å². The minimum Gasteiger partial charge on any atom is -0.325 e. The van der Waals surface area contributed by atoms with Crippen LogP contribution in [0.15, 0.2) is 5.38 Å². The summed E-state index contributed by atoms with van der Waals surface area (Å²) in [6, 6.07) is 0. The highest BCUT2D eigenvalue weighted by Crippen LogP contribution is 2.15. The molecule has 90 valence electrons. The smallest absolute Gasteiger partial charge is 0.106 e. The maximum absolute atomic E-state index is 5.58. The molecule has 0 aromatic carbocycles. The summed E-state index contributed by atoms with van der Waals surface area (Å²) in [5.74, 6) is 0. The largest absolute Gasteiger partial charge is 0.325 e. The Kier molecular flexibility index (Phi) is 4.75. The van der Waals surface area contributed by atoms with E-state index >= 15 is 0 Å². The second kappa shape index (κ2) is 6.33. The van der Waals surface area contributed by atoms with Gasteiger partial charge in [-0.2, -0.15) is 0 Å². The Morgan fingerprint density at radius 2 is 1.88 bits per heavy atom. The van der Waals surface area contributed by atoms with Crippen LogP contribution < -0.4 is 5.73 Å². The summed E-state index contributed by atoms with van der Waals surface area (Å²) in [6.45, 7) is 4.05. The summed E-state index contributed by atoms with van der Waals surface area (Å²) < 4.78 is 0. The van der Waals surface area contributed by atoms with Gasteiger partial charge >= 0.3 is 0 Å². The predicted molar refractivity (Wildman–Crippen MR) is 68.4 cm³/mol. The highest BCUT2D eigenvalue weighted by Gasteiger charge is 2.10. The lowest BCUT2D eigenvalue weighted by Crippen LogP contribution is -2.27. The molecule has 0 aliphatic carbocycles. The number of rotatable bonds is 3. The van der Waals surface area contributed by atoms with Gasteiger partial charge in [0.15, 0.2) is 0 Å². The molecular weight excluding hydrogens is 218 g/mol. The molecule has 2 rings (SSSR count). The number of thiazole rings is 1. The van der Waals surface area contributed by atoms with E-state index in [0.717, 1.165) is 11.6 Å². The zero-order valence-electron chi connectivity index (χ0n) is 9.82. The Balaban J connectivity index is 1.86. The summed E-state index contributed by atoms with van der Waals surface area (Å²) in [5, 5.41) is 3.21. The van der Waals surface area contributed by atoms with Gasteiger partial charge in [-0.05, 0) is 25.9 Å². The predicted octanol–water partition coefficient (Wildman–Crippen LogP) is 2.37. The molecule has 1 aromatic heterocycles. The lowest BCUT2D eigenvalue weighted by molar-refractivity contribution is 0.237. The fourth-order valence-electron chi connectivity index (χ4n) is 2.22. The van der Waals surface area contributed by atoms with Crippen molar-refractivity contribution in [2.24, 2.45) is 5.73 Å². The van der Waals surface area contributed by atoms with Crippen molar-refractivity contribution in [2.45, 2.75) is 45.2 Å². The molecule has 0 atom stereocenters. The van der Waals surface area contributed by atoms with E-state index in [9.17, 15) is 0 Å². The maximum Gasteiger partial charge on any atom is 0.106 e. The van der Waals surface area contributed by atoms with E-state index in [1.165, 1.54) is 50.9 Å². The molecule has 2 heterocycles. The van der Waals surface area contributed by atoms with Crippen molar-refractivity contribution in [2.75, 3.05) is 13.1 Å². The van der Waals surface area contributed by atoms with Gasteiger partial charge in [-0.25, -0.2) is 4.98 Å². The molecule has 1 fully saturated rings. The molecule has 0 unspecified atom stereocenters. The molecule has 0 saturated carbocycles. The van der Waals surface area contributed by atoms with Crippen LogP contribution in [0, 0.1) is 0 Å². The number of nitrogens with two attached hydrogens (primary N) is 1. The van der Waals surface area contributed by atoms with Crippen LogP contribution in [0.5, 0.6) is 0 Å². The molecule has 2 N–H and O–H groups in total. The highest BCUT2D eigenvalue weighted by atomic mass is 32.1. The number of aromatic nitrogens is 1. The maximum atomic E-state index is 5.58. The molecule has 0 amide bonds. The van der Waals surface area contributed by atoms with Crippen molar-refractivity contribution in [1.82, 2.24) is 9.88 Å². The van der Waals surface area contributed by atoms with E-state index in [2.05, 4.69) is 15.3 Å². The van der Waals surface area contributed by atoms with Crippen LogP contribution in [0.4, 0.5) is 0 Å². The Hall–Kier alpha value is -0.450. The Morgan fingerprint density at radius 3 is 2.50 bits per heavy atom. The van der Waals surface area contributed by atoms with Crippen LogP contribution in [0.25, 0.3) is 0 Å². The lowest BCUT2D eigenvalue weighted by Gasteiger charge is -2.23. The van der Waals surface area contributed by atoms with Gasteiger partial charge in [-0.1, -0.05) is 19.3 Å². The third-order valence-electron chi connectivity index (χ3n) is 3.11. The molecule has 1 aromatic rings. The Bertz CT molecular complexity index is 303. The lowest BCUT2D eigenvalue weighted by atomic mass is 10.1. The zero-order chi connectivity index (χ0) is 11.2. The van der Waals surface area contributed by atoms with E-state index in [1.807, 2.05) is 0 Å². The quantitative estimate of drug-likeness (QED) is 0.880. The molecule has 1 saturated heterocycles. The van der Waals surface area contributed by atoms with Gasteiger partial charge in [0.2, 0.25) is 0 Å². The molecule has 0 spiro atoms. The van der Waals surface area contributed by atoms with E-state index < -0.39 is 0 Å². The first-order valence-corrected chi connectivity index (χ1v) is 7.12. The summed E-state index contributed by atoms with van der Waals surface area (Å²) in [6.07, 6.45) is 6.88. The zero-order valence-corrected chi connectivity index (χ0v) is 10.6. The highest BCUT2D eigenvalue weighted by molar-refractivity contribution is 7.09. The van der Waals surface area contributed by atoms with Crippen LogP contribution >= 0.6 is 11.3 Å². The van der Waals surface area contributed by atoms with Crippen LogP contribution in [-0.4, -0.2) is 23.0 Å². The number of hydrogen-bond acceptors (Lipinski definition) is 4. The van der Waals surface area contributed by atoms with Gasteiger partial charge < -0.3 is 5.73 Å². The van der Waals surface area contributed by atoms with Gasteiger partial charge in [0.05, 0.1) is 5.69 Å². The molecule has 0 bridgehead atoms. The average Bonchev–Trinajstić information content (AvgIpc) is 2.69. The van der Waals surface area contributed by atoms with Gasteiger partial charge in [-0.3, -0.25) is 4.90 Å². The van der Waals surface area contributed by atoms with Gasteiger partial charge in [-0.15, -0.1) is 11.3 Å². The summed E-state index contributed by atoms with van der Waals surface area (Å²) >= 11 is 1.68. The number of likely N-dealkylation sites (tertiary alicyclic amines) is 1. The van der Waals surface area contributed by atoms with E-state index in [-0.39, 0.29) is 0 Å².